The third kappa shape index (κ3) is 3.52. The molecule has 0 heterocycles. The summed E-state index contributed by atoms with van der Waals surface area (Å²) >= 11 is 0. The first-order valence-electron chi connectivity index (χ1n) is 4.90. The van der Waals surface area contributed by atoms with Gasteiger partial charge in [-0.15, -0.1) is 0 Å². The Morgan fingerprint density at radius 2 is 1.83 bits per heavy atom. The molecule has 0 aromatic heterocycles. The molecule has 1 atom stereocenters. The van der Waals surface area contributed by atoms with Gasteiger partial charge in [0.05, 0.1) is 27.2 Å². The molecule has 0 saturated carbocycles. The van der Waals surface area contributed by atoms with E-state index in [-0.39, 0.29) is 0 Å². The van der Waals surface area contributed by atoms with Gasteiger partial charge in [0.25, 0.3) is 0 Å². The Hall–Kier alpha value is -0.120. The Kier molecular flexibility index (Phi) is 5.46. The number of nitrogens with two attached hydrogens (primary N) is 1. The van der Waals surface area contributed by atoms with Crippen molar-refractivity contribution in [3.05, 3.63) is 0 Å². The van der Waals surface area contributed by atoms with E-state index in [0.717, 1.165) is 17.7 Å². The van der Waals surface area contributed by atoms with Crippen molar-refractivity contribution in [2.45, 2.75) is 33.1 Å². The molecule has 12 heavy (non-hydrogen) atoms. The zero-order valence-corrected chi connectivity index (χ0v) is 9.01. The third-order valence-electron chi connectivity index (χ3n) is 2.69. The largest absolute Gasteiger partial charge is 0.232 e. The highest BCUT2D eigenvalue weighted by atomic mass is 15.8. The van der Waals surface area contributed by atoms with Crippen LogP contribution in [-0.2, 0) is 0 Å². The van der Waals surface area contributed by atoms with Gasteiger partial charge in [0.1, 0.15) is 0 Å². The minimum atomic E-state index is 0.847. The van der Waals surface area contributed by atoms with Gasteiger partial charge in [-0.3, -0.25) is 0 Å². The highest BCUT2D eigenvalue weighted by molar-refractivity contribution is 4.36. The molecule has 0 aliphatic carbocycles. The van der Waals surface area contributed by atoms with E-state index < -0.39 is 0 Å². The maximum atomic E-state index is 5.77. The first-order valence-corrected chi connectivity index (χ1v) is 4.90. The number of hydrogen-bond acceptors (Lipinski definition) is 2. The summed E-state index contributed by atoms with van der Waals surface area (Å²) in [7, 11) is 4.12. The highest BCUT2D eigenvalue weighted by Crippen LogP contribution is 2.06. The topological polar surface area (TPSA) is 29.3 Å². The van der Waals surface area contributed by atoms with Crippen LogP contribution in [0.2, 0.25) is 0 Å². The fourth-order valence-corrected chi connectivity index (χ4v) is 1.24. The Morgan fingerprint density at radius 3 is 2.17 bits per heavy atom. The molecule has 0 amide bonds. The maximum absolute atomic E-state index is 5.77. The van der Waals surface area contributed by atoms with Crippen LogP contribution < -0.4 is 5.84 Å². The molecule has 0 bridgehead atoms. The molecule has 0 rings (SSSR count). The monoisotopic (exact) mass is 174 g/mol. The number of hydrazine groups is 1. The molecular weight excluding hydrogens is 150 g/mol. The Labute approximate surface area is 76.7 Å². The predicted octanol–water partition coefficient (Wildman–Crippen LogP) is 1.36. The molecule has 0 aromatic carbocycles. The van der Waals surface area contributed by atoms with E-state index in [1.165, 1.54) is 19.3 Å². The molecule has 0 spiro atoms. The van der Waals surface area contributed by atoms with E-state index in [4.69, 9.17) is 5.84 Å². The van der Waals surface area contributed by atoms with Gasteiger partial charge in [-0.2, -0.15) is 0 Å². The average molecular weight is 174 g/mol. The van der Waals surface area contributed by atoms with Crippen molar-refractivity contribution in [2.75, 3.05) is 27.2 Å². The number of nitrogens with zero attached hydrogens (tertiary/aromatic N) is 2. The summed E-state index contributed by atoms with van der Waals surface area (Å²) in [4.78, 5) is 0. The molecule has 3 heteroatoms. The van der Waals surface area contributed by atoms with Gasteiger partial charge in [0, 0.05) is 0 Å². The van der Waals surface area contributed by atoms with Crippen molar-refractivity contribution in [3.63, 3.8) is 0 Å². The Morgan fingerprint density at radius 1 is 1.25 bits per heavy atom. The molecule has 0 radical (unpaired) electrons. The summed E-state index contributed by atoms with van der Waals surface area (Å²) in [6.45, 7) is 6.62. The second-order valence-electron chi connectivity index (χ2n) is 3.66. The molecule has 0 fully saturated rings. The highest BCUT2D eigenvalue weighted by Gasteiger charge is 2.21. The SMILES string of the molecule is CCCCC[N+](C)(CC)N(C)N. The minimum Gasteiger partial charge on any atom is -0.232 e. The zero-order chi connectivity index (χ0) is 9.61. The lowest BCUT2D eigenvalue weighted by Gasteiger charge is -2.37. The molecule has 74 valence electrons. The Bertz CT molecular complexity index is 114. The normalized spacial score (nSPS) is 16.5. The lowest BCUT2D eigenvalue weighted by molar-refractivity contribution is -1.02. The molecule has 0 aliphatic rings. The zero-order valence-electron chi connectivity index (χ0n) is 9.01. The third-order valence-corrected chi connectivity index (χ3v) is 2.69. The summed E-state index contributed by atoms with van der Waals surface area (Å²) in [6, 6.07) is 0. The van der Waals surface area contributed by atoms with Gasteiger partial charge < -0.3 is 0 Å². The van der Waals surface area contributed by atoms with Gasteiger partial charge in [0.2, 0.25) is 0 Å². The Balaban J connectivity index is 3.80. The van der Waals surface area contributed by atoms with Crippen molar-refractivity contribution < 1.29 is 4.59 Å². The van der Waals surface area contributed by atoms with E-state index >= 15 is 0 Å². The fourth-order valence-electron chi connectivity index (χ4n) is 1.24. The predicted molar refractivity (Wildman–Crippen MR) is 53.1 cm³/mol. The van der Waals surface area contributed by atoms with Crippen molar-refractivity contribution in [1.29, 1.82) is 0 Å². The van der Waals surface area contributed by atoms with Gasteiger partial charge in [-0.25, -0.2) is 10.4 Å². The van der Waals surface area contributed by atoms with Crippen LogP contribution in [0.15, 0.2) is 0 Å². The van der Waals surface area contributed by atoms with Gasteiger partial charge in [-0.05, 0) is 19.8 Å². The maximum Gasteiger partial charge on any atom is 0.0973 e. The molecule has 3 nitrogen and oxygen atoms in total. The molecule has 1 unspecified atom stereocenters. The van der Waals surface area contributed by atoms with E-state index in [1.54, 1.807) is 5.12 Å². The summed E-state index contributed by atoms with van der Waals surface area (Å²) in [5.41, 5.74) is 0. The van der Waals surface area contributed by atoms with Crippen LogP contribution >= 0.6 is 0 Å². The second-order valence-corrected chi connectivity index (χ2v) is 3.66. The quantitative estimate of drug-likeness (QED) is 0.285. The number of quaternary nitrogens is 1. The van der Waals surface area contributed by atoms with Crippen LogP contribution in [0.1, 0.15) is 33.1 Å². The van der Waals surface area contributed by atoms with Crippen molar-refractivity contribution in [2.24, 2.45) is 5.84 Å². The molecule has 2 N–H and O–H groups in total. The number of rotatable bonds is 6. The van der Waals surface area contributed by atoms with Crippen LogP contribution in [0.25, 0.3) is 0 Å². The first kappa shape index (κ1) is 11.9. The van der Waals surface area contributed by atoms with E-state index in [9.17, 15) is 0 Å². The van der Waals surface area contributed by atoms with E-state index in [0.29, 0.717) is 0 Å². The number of hydrogen-bond donors (Lipinski definition) is 1. The van der Waals surface area contributed by atoms with Gasteiger partial charge >= 0.3 is 0 Å². The number of unbranched alkanes of at least 4 members (excludes halogenated alkanes) is 2. The summed E-state index contributed by atoms with van der Waals surface area (Å²) in [5, 5.41) is 1.80. The van der Waals surface area contributed by atoms with Crippen LogP contribution in [-0.4, -0.2) is 36.9 Å². The van der Waals surface area contributed by atoms with E-state index in [1.807, 2.05) is 7.05 Å². The average Bonchev–Trinajstić information content (AvgIpc) is 2.04. The van der Waals surface area contributed by atoms with Gasteiger partial charge in [0.15, 0.2) is 0 Å². The van der Waals surface area contributed by atoms with E-state index in [2.05, 4.69) is 20.9 Å². The summed E-state index contributed by atoms with van der Waals surface area (Å²) in [5.74, 6) is 5.77. The molecule has 0 saturated heterocycles. The van der Waals surface area contributed by atoms with Crippen LogP contribution in [0.4, 0.5) is 0 Å². The lowest BCUT2D eigenvalue weighted by Crippen LogP contribution is -2.59. The summed E-state index contributed by atoms with van der Waals surface area (Å²) in [6.07, 6.45) is 3.85. The fraction of sp³-hybridized carbons (Fsp3) is 1.00. The molecule has 0 aromatic rings. The van der Waals surface area contributed by atoms with Gasteiger partial charge in [-0.1, -0.05) is 18.5 Å². The standard InChI is InChI=1S/C9H24N3/c1-5-7-8-9-12(4,6-2)11(3)10/h5-10H2,1-4H3/q+1. The summed E-state index contributed by atoms with van der Waals surface area (Å²) < 4.78 is 0.847. The van der Waals surface area contributed by atoms with Crippen molar-refractivity contribution in [1.82, 2.24) is 5.12 Å². The molecule has 0 aliphatic heterocycles. The van der Waals surface area contributed by atoms with Crippen LogP contribution in [0.3, 0.4) is 0 Å². The van der Waals surface area contributed by atoms with Crippen LogP contribution in [0.5, 0.6) is 0 Å². The minimum absolute atomic E-state index is 0.847. The van der Waals surface area contributed by atoms with Crippen molar-refractivity contribution >= 4 is 0 Å². The molecular formula is C9H24N3+. The lowest BCUT2D eigenvalue weighted by atomic mass is 10.2. The van der Waals surface area contributed by atoms with Crippen molar-refractivity contribution in [3.8, 4) is 0 Å². The first-order chi connectivity index (χ1) is 5.56. The smallest absolute Gasteiger partial charge is 0.0973 e. The second kappa shape index (κ2) is 5.51. The van der Waals surface area contributed by atoms with Crippen LogP contribution in [0, 0.1) is 0 Å².